The summed E-state index contributed by atoms with van der Waals surface area (Å²) in [5.41, 5.74) is 4.26. The van der Waals surface area contributed by atoms with Gasteiger partial charge in [-0.05, 0) is 19.3 Å². The number of fused-ring (bicyclic) bond motifs is 1. The van der Waals surface area contributed by atoms with E-state index in [0.717, 1.165) is 41.8 Å². The van der Waals surface area contributed by atoms with Crippen molar-refractivity contribution in [3.8, 4) is 0 Å². The van der Waals surface area contributed by atoms with Crippen LogP contribution in [0.3, 0.4) is 0 Å². The molecular formula is C31H50N7O17P3S. The third-order valence-corrected chi connectivity index (χ3v) is 12.2. The zero-order valence-corrected chi connectivity index (χ0v) is 35.7. The number of aliphatic hydroxyl groups is 2. The molecule has 59 heavy (non-hydrogen) atoms. The van der Waals surface area contributed by atoms with E-state index in [2.05, 4.69) is 40.5 Å². The van der Waals surface area contributed by atoms with Gasteiger partial charge < -0.3 is 50.9 Å². The number of amides is 2. The van der Waals surface area contributed by atoms with E-state index in [-0.39, 0.29) is 41.6 Å². The fraction of sp³-hybridized carbons (Fsp3) is 0.613. The molecule has 2 unspecified atom stereocenters. The van der Waals surface area contributed by atoms with Gasteiger partial charge in [-0.1, -0.05) is 56.8 Å². The lowest BCUT2D eigenvalue weighted by molar-refractivity contribution is -0.137. The Morgan fingerprint density at radius 1 is 1.02 bits per heavy atom. The van der Waals surface area contributed by atoms with E-state index < -0.39 is 84.6 Å². The molecule has 0 radical (unpaired) electrons. The number of thioether (sulfide) groups is 1. The highest BCUT2D eigenvalue weighted by atomic mass is 32.2. The van der Waals surface area contributed by atoms with Gasteiger partial charge in [0.2, 0.25) is 11.8 Å². The maximum atomic E-state index is 12.7. The Bertz CT molecular complexity index is 1950. The van der Waals surface area contributed by atoms with Crippen molar-refractivity contribution in [3.63, 3.8) is 0 Å². The smallest absolute Gasteiger partial charge is 0.386 e. The summed E-state index contributed by atoms with van der Waals surface area (Å²) >= 11 is 1.09. The van der Waals surface area contributed by atoms with Gasteiger partial charge in [0.1, 0.15) is 36.3 Å². The van der Waals surface area contributed by atoms with E-state index in [1.165, 1.54) is 13.8 Å². The van der Waals surface area contributed by atoms with Gasteiger partial charge in [0, 0.05) is 37.1 Å². The predicted molar refractivity (Wildman–Crippen MR) is 210 cm³/mol. The molecular weight excluding hydrogens is 867 g/mol. The first-order valence-corrected chi connectivity index (χ1v) is 23.4. The second-order valence-corrected chi connectivity index (χ2v) is 18.8. The van der Waals surface area contributed by atoms with Crippen LogP contribution in [0, 0.1) is 5.41 Å². The Labute approximate surface area is 342 Å². The van der Waals surface area contributed by atoms with Crippen molar-refractivity contribution in [2.24, 2.45) is 5.41 Å². The number of imidazole rings is 1. The van der Waals surface area contributed by atoms with Gasteiger partial charge in [0.15, 0.2) is 22.8 Å². The normalized spacial score (nSPS) is 21.4. The number of anilines is 1. The Balaban J connectivity index is 1.43. The van der Waals surface area contributed by atoms with Crippen molar-refractivity contribution < 1.29 is 80.5 Å². The maximum Gasteiger partial charge on any atom is 0.481 e. The lowest BCUT2D eigenvalue weighted by atomic mass is 9.87. The number of allylic oxidation sites excluding steroid dienone is 4. The summed E-state index contributed by atoms with van der Waals surface area (Å²) in [6.45, 7) is 2.55. The van der Waals surface area contributed by atoms with Crippen molar-refractivity contribution in [3.05, 3.63) is 37.0 Å². The number of nitrogens with zero attached hydrogens (tertiary/aromatic N) is 4. The number of phosphoric acid groups is 3. The van der Waals surface area contributed by atoms with Crippen LogP contribution in [0.15, 0.2) is 37.0 Å². The fourth-order valence-electron chi connectivity index (χ4n) is 5.12. The molecule has 7 atom stereocenters. The molecule has 332 valence electrons. The quantitative estimate of drug-likeness (QED) is 0.0385. The van der Waals surface area contributed by atoms with E-state index in [1.807, 2.05) is 25.2 Å². The van der Waals surface area contributed by atoms with Crippen LogP contribution in [0.4, 0.5) is 5.82 Å². The van der Waals surface area contributed by atoms with Crippen LogP contribution in [0.1, 0.15) is 59.1 Å². The molecule has 0 bridgehead atoms. The number of hydrogen-bond donors (Lipinski definition) is 9. The van der Waals surface area contributed by atoms with Crippen LogP contribution in [-0.2, 0) is 50.7 Å². The Kier molecular flexibility index (Phi) is 19.4. The van der Waals surface area contributed by atoms with E-state index >= 15 is 0 Å². The highest BCUT2D eigenvalue weighted by Crippen LogP contribution is 2.61. The zero-order chi connectivity index (χ0) is 44.0. The van der Waals surface area contributed by atoms with E-state index in [1.54, 1.807) is 0 Å². The van der Waals surface area contributed by atoms with Crippen molar-refractivity contribution in [1.82, 2.24) is 30.2 Å². The van der Waals surface area contributed by atoms with Crippen LogP contribution in [0.2, 0.25) is 0 Å². The number of ether oxygens (including phenoxy) is 1. The van der Waals surface area contributed by atoms with Crippen molar-refractivity contribution in [2.45, 2.75) is 83.5 Å². The Morgan fingerprint density at radius 3 is 2.41 bits per heavy atom. The molecule has 1 aliphatic rings. The summed E-state index contributed by atoms with van der Waals surface area (Å²) in [4.78, 5) is 87.7. The number of aliphatic hydroxyl groups excluding tert-OH is 2. The second-order valence-electron chi connectivity index (χ2n) is 13.4. The van der Waals surface area contributed by atoms with E-state index in [9.17, 15) is 57.9 Å². The highest BCUT2D eigenvalue weighted by molar-refractivity contribution is 8.13. The molecule has 2 amide bonds. The number of nitrogens with one attached hydrogen (secondary N) is 2. The number of hydrogen-bond acceptors (Lipinski definition) is 18. The molecule has 1 aliphatic heterocycles. The van der Waals surface area contributed by atoms with Gasteiger partial charge >= 0.3 is 23.5 Å². The zero-order valence-electron chi connectivity index (χ0n) is 32.2. The molecule has 0 aliphatic carbocycles. The molecule has 0 aromatic carbocycles. The predicted octanol–water partition coefficient (Wildman–Crippen LogP) is 1.36. The summed E-state index contributed by atoms with van der Waals surface area (Å²) in [7, 11) is -16.4. The van der Waals surface area contributed by atoms with Gasteiger partial charge in [0.25, 0.3) is 0 Å². The van der Waals surface area contributed by atoms with Crippen molar-refractivity contribution in [2.75, 3.05) is 37.8 Å². The number of aromatic nitrogens is 4. The molecule has 2 aromatic heterocycles. The van der Waals surface area contributed by atoms with Gasteiger partial charge in [-0.25, -0.2) is 28.6 Å². The lowest BCUT2D eigenvalue weighted by Gasteiger charge is -2.30. The molecule has 3 heterocycles. The molecule has 3 rings (SSSR count). The molecule has 1 saturated heterocycles. The second kappa shape index (κ2) is 22.8. The third kappa shape index (κ3) is 16.8. The summed E-state index contributed by atoms with van der Waals surface area (Å²) in [6.07, 6.45) is 3.90. The van der Waals surface area contributed by atoms with E-state index in [0.29, 0.717) is 18.6 Å². The van der Waals surface area contributed by atoms with Gasteiger partial charge in [-0.3, -0.25) is 32.5 Å². The Morgan fingerprint density at radius 2 is 1.71 bits per heavy atom. The number of phosphoric ester groups is 3. The van der Waals surface area contributed by atoms with Crippen LogP contribution in [0.25, 0.3) is 11.2 Å². The first-order chi connectivity index (χ1) is 27.6. The van der Waals surface area contributed by atoms with Crippen LogP contribution >= 0.6 is 35.2 Å². The third-order valence-electron chi connectivity index (χ3n) is 8.12. The van der Waals surface area contributed by atoms with E-state index in [4.69, 9.17) is 19.5 Å². The minimum absolute atomic E-state index is 0.00932. The molecule has 24 nitrogen and oxygen atoms in total. The number of rotatable bonds is 25. The Hall–Kier alpha value is -2.96. The average molecular weight is 918 g/mol. The monoisotopic (exact) mass is 917 g/mol. The standard InChI is InChI=1S/C31H50N7O17P3S/c1-4-5-6-7-8-9-10-11-22(40)59-15-14-33-21(39)12-13-34-29(43)26(42)31(2,3)17-52-58(49,50)55-57(47,48)51-16-20-25(54-56(44,45)46)24(41)30(53-20)38-19-37-23-27(32)35-18-36-28(23)38/h5-6,8-9,18-20,24-26,30,41-42H,4,7,10-17H2,1-3H3,(H,33,39)(H,34,43)(H,47,48)(H,49,50)(H2,32,35,36)(H2,44,45,46)/b6-5-,9-8-/t20-,24-,25-,26+,30-/m1/s1. The summed E-state index contributed by atoms with van der Waals surface area (Å²) in [5.74, 6) is -1.09. The van der Waals surface area contributed by atoms with Gasteiger partial charge in [0.05, 0.1) is 19.5 Å². The molecule has 1 fully saturated rings. The highest BCUT2D eigenvalue weighted by Gasteiger charge is 2.50. The first-order valence-electron chi connectivity index (χ1n) is 17.9. The average Bonchev–Trinajstić information content (AvgIpc) is 3.71. The number of carbonyl (C=O) groups is 3. The summed E-state index contributed by atoms with van der Waals surface area (Å²) in [6, 6.07) is 0. The number of nitrogen functional groups attached to an aromatic ring is 1. The molecule has 10 N–H and O–H groups in total. The van der Waals surface area contributed by atoms with Crippen LogP contribution in [0.5, 0.6) is 0 Å². The molecule has 2 aromatic rings. The first kappa shape index (κ1) is 50.4. The van der Waals surface area contributed by atoms with Crippen LogP contribution in [-0.4, -0.2) is 123 Å². The van der Waals surface area contributed by atoms with Crippen molar-refractivity contribution in [1.29, 1.82) is 0 Å². The van der Waals surface area contributed by atoms with Crippen molar-refractivity contribution >= 4 is 69.1 Å². The summed E-state index contributed by atoms with van der Waals surface area (Å²) in [5, 5.41) is 26.4. The summed E-state index contributed by atoms with van der Waals surface area (Å²) < 4.78 is 62.2. The van der Waals surface area contributed by atoms with Gasteiger partial charge in [-0.2, -0.15) is 4.31 Å². The molecule has 0 saturated carbocycles. The SMILES string of the molecule is CC/C=C\C/C=C\CCC(=O)SCCNC(=O)CCNC(=O)[C@H](O)C(C)(C)COP(=O)(O)OP(=O)(O)OC[C@H]1O[C@@H](n2cnc3c(N)ncnc32)[C@H](O)[C@@H]1OP(=O)(O)O. The minimum atomic E-state index is -5.57. The lowest BCUT2D eigenvalue weighted by Crippen LogP contribution is -2.46. The minimum Gasteiger partial charge on any atom is -0.386 e. The molecule has 28 heteroatoms. The fourth-order valence-corrected chi connectivity index (χ4v) is 8.65. The van der Waals surface area contributed by atoms with Crippen LogP contribution < -0.4 is 16.4 Å². The maximum absolute atomic E-state index is 12.7. The topological polar surface area (TPSA) is 364 Å². The number of nitrogens with two attached hydrogens (primary N) is 1. The molecule has 0 spiro atoms. The van der Waals surface area contributed by atoms with Gasteiger partial charge in [-0.15, -0.1) is 0 Å². The number of carbonyl (C=O) groups excluding carboxylic acids is 3. The largest absolute Gasteiger partial charge is 0.481 e.